The molecule has 0 N–H and O–H groups in total. The zero-order chi connectivity index (χ0) is 0. The molecule has 0 nitrogen and oxygen atoms in total. The summed E-state index contributed by atoms with van der Waals surface area (Å²) in [5.41, 5.74) is 0. The van der Waals surface area contributed by atoms with E-state index in [1.54, 1.807) is 0 Å². The molecule has 0 unspecified atom stereocenters. The average Bonchev–Trinajstić information content (AvgIpc) is 0. The first kappa shape index (κ1) is 30.1. The summed E-state index contributed by atoms with van der Waals surface area (Å²) in [6, 6.07) is 0. The second-order valence-corrected chi connectivity index (χ2v) is 0. The SMILES string of the molecule is [Au].[Cr].[Cu].[Hf]. The maximum Gasteiger partial charge on any atom is 0 e. The van der Waals surface area contributed by atoms with E-state index < -0.39 is 0 Å². The van der Waals surface area contributed by atoms with Crippen molar-refractivity contribution in [1.29, 1.82) is 0 Å². The van der Waals surface area contributed by atoms with Gasteiger partial charge in [0, 0.05) is 82.7 Å². The summed E-state index contributed by atoms with van der Waals surface area (Å²) in [6.07, 6.45) is 0. The predicted octanol–water partition coefficient (Wildman–Crippen LogP) is -0.0100. The molecule has 0 aromatic rings. The summed E-state index contributed by atoms with van der Waals surface area (Å²) in [5, 5.41) is 0. The van der Waals surface area contributed by atoms with Crippen LogP contribution in [0.15, 0.2) is 0 Å². The normalized spacial score (nSPS) is 0. The molecule has 0 aromatic heterocycles. The maximum atomic E-state index is 0. The van der Waals surface area contributed by atoms with Crippen molar-refractivity contribution in [3.05, 3.63) is 0 Å². The first-order valence-corrected chi connectivity index (χ1v) is 0. The number of hydrogen-bond acceptors (Lipinski definition) is 0. The third-order valence-electron chi connectivity index (χ3n) is 0. The molecule has 32 valence electrons. The topological polar surface area (TPSA) is 0 Å². The van der Waals surface area contributed by atoms with Crippen LogP contribution in [0.4, 0.5) is 0 Å². The zero-order valence-corrected chi connectivity index (χ0v) is 9.49. The molecule has 0 amide bonds. The second-order valence-electron chi connectivity index (χ2n) is 0. The van der Waals surface area contributed by atoms with E-state index in [-0.39, 0.29) is 82.7 Å². The number of hydrogen-bond donors (Lipinski definition) is 0. The first-order chi connectivity index (χ1) is 0. The van der Waals surface area contributed by atoms with Gasteiger partial charge in [-0.2, -0.15) is 0 Å². The molecule has 0 atom stereocenters. The summed E-state index contributed by atoms with van der Waals surface area (Å²) in [5.74, 6) is 0. The fourth-order valence-corrected chi connectivity index (χ4v) is 0. The molecule has 0 heterocycles. The Kier molecular flexibility index (Phi) is 131. The Labute approximate surface area is 81.4 Å². The molecule has 0 spiro atoms. The molecule has 0 saturated carbocycles. The van der Waals surface area contributed by atoms with E-state index in [0.717, 1.165) is 0 Å². The Morgan fingerprint density at radius 1 is 1.00 bits per heavy atom. The minimum atomic E-state index is 0. The third kappa shape index (κ3) is 8.82. The van der Waals surface area contributed by atoms with Crippen LogP contribution in [0.2, 0.25) is 0 Å². The van der Waals surface area contributed by atoms with Crippen LogP contribution >= 0.6 is 0 Å². The van der Waals surface area contributed by atoms with E-state index in [4.69, 9.17) is 0 Å². The van der Waals surface area contributed by atoms with E-state index in [1.165, 1.54) is 0 Å². The van der Waals surface area contributed by atoms with Crippen LogP contribution < -0.4 is 0 Å². The second kappa shape index (κ2) is 17.4. The van der Waals surface area contributed by atoms with Gasteiger partial charge in [-0.25, -0.2) is 0 Å². The average molecular weight is 491 g/mol. The van der Waals surface area contributed by atoms with Gasteiger partial charge in [0.1, 0.15) is 0 Å². The van der Waals surface area contributed by atoms with Gasteiger partial charge < -0.3 is 0 Å². The molecule has 0 rings (SSSR count). The van der Waals surface area contributed by atoms with Gasteiger partial charge in [0.25, 0.3) is 0 Å². The summed E-state index contributed by atoms with van der Waals surface area (Å²) < 4.78 is 0. The Bertz CT molecular complexity index is 8.00. The molecule has 0 aliphatic carbocycles. The van der Waals surface area contributed by atoms with Crippen molar-refractivity contribution in [2.75, 3.05) is 0 Å². The molecule has 0 bridgehead atoms. The van der Waals surface area contributed by atoms with Crippen LogP contribution in [-0.2, 0) is 82.7 Å². The van der Waals surface area contributed by atoms with Crippen LogP contribution in [0.25, 0.3) is 0 Å². The van der Waals surface area contributed by atoms with Gasteiger partial charge in [-0.15, -0.1) is 0 Å². The van der Waals surface area contributed by atoms with Crippen LogP contribution in [0.1, 0.15) is 0 Å². The van der Waals surface area contributed by atoms with Crippen molar-refractivity contribution < 1.29 is 82.7 Å². The Morgan fingerprint density at radius 2 is 1.00 bits per heavy atom. The number of rotatable bonds is 0. The predicted molar refractivity (Wildman–Crippen MR) is 0 cm³/mol. The summed E-state index contributed by atoms with van der Waals surface area (Å²) >= 11 is 0. The first-order valence-electron chi connectivity index (χ1n) is 0. The van der Waals surface area contributed by atoms with Gasteiger partial charge in [0.05, 0.1) is 0 Å². The monoisotopic (exact) mass is 492 g/mol. The van der Waals surface area contributed by atoms with Gasteiger partial charge in [0.15, 0.2) is 0 Å². The molecule has 0 aromatic carbocycles. The van der Waals surface area contributed by atoms with Crippen molar-refractivity contribution in [2.24, 2.45) is 0 Å². The van der Waals surface area contributed by atoms with E-state index in [0.29, 0.717) is 0 Å². The molecule has 0 saturated heterocycles. The molecule has 0 aliphatic heterocycles. The third-order valence-corrected chi connectivity index (χ3v) is 0. The summed E-state index contributed by atoms with van der Waals surface area (Å²) in [6.45, 7) is 0. The van der Waals surface area contributed by atoms with Crippen molar-refractivity contribution in [3.63, 3.8) is 0 Å². The smallest absolute Gasteiger partial charge is 0 e. The molecule has 4 heteroatoms. The van der Waals surface area contributed by atoms with Crippen molar-refractivity contribution in [2.45, 2.75) is 0 Å². The van der Waals surface area contributed by atoms with E-state index >= 15 is 0 Å². The molecular weight excluding hydrogens is 491 g/mol. The van der Waals surface area contributed by atoms with Crippen molar-refractivity contribution in [1.82, 2.24) is 0 Å². The zero-order valence-electron chi connectivity index (χ0n) is 1.51. The summed E-state index contributed by atoms with van der Waals surface area (Å²) in [7, 11) is 0. The van der Waals surface area contributed by atoms with E-state index in [1.807, 2.05) is 0 Å². The van der Waals surface area contributed by atoms with Crippen LogP contribution in [0.5, 0.6) is 0 Å². The van der Waals surface area contributed by atoms with Crippen LogP contribution in [0.3, 0.4) is 0 Å². The standard InChI is InChI=1S/Au.Cr.Cu.Hf. The Hall–Kier alpha value is 2.66. The Balaban J connectivity index is 0. The van der Waals surface area contributed by atoms with Gasteiger partial charge in [-0.3, -0.25) is 0 Å². The van der Waals surface area contributed by atoms with E-state index in [2.05, 4.69) is 0 Å². The van der Waals surface area contributed by atoms with Crippen LogP contribution in [-0.4, -0.2) is 0 Å². The minimum Gasteiger partial charge on any atom is 0 e. The fraction of sp³-hybridized carbons (Fsp3) is 0. The van der Waals surface area contributed by atoms with E-state index in [9.17, 15) is 0 Å². The molecular formula is AuCrCuHf. The molecule has 4 heavy (non-hydrogen) atoms. The Morgan fingerprint density at radius 3 is 1.00 bits per heavy atom. The summed E-state index contributed by atoms with van der Waals surface area (Å²) in [4.78, 5) is 0. The minimum absolute atomic E-state index is 0. The van der Waals surface area contributed by atoms with Gasteiger partial charge in [0.2, 0.25) is 0 Å². The quantitative estimate of drug-likeness (QED) is 0.419. The maximum absolute atomic E-state index is 0. The fourth-order valence-electron chi connectivity index (χ4n) is 0. The van der Waals surface area contributed by atoms with Crippen LogP contribution in [0, 0.1) is 0 Å². The van der Waals surface area contributed by atoms with Gasteiger partial charge >= 0.3 is 0 Å². The molecule has 0 fully saturated rings. The van der Waals surface area contributed by atoms with Crippen molar-refractivity contribution in [3.8, 4) is 0 Å². The molecule has 0 aliphatic rings. The van der Waals surface area contributed by atoms with Gasteiger partial charge in [-0.05, 0) is 0 Å². The molecule has 2 radical (unpaired) electrons. The largest absolute Gasteiger partial charge is 0 e. The van der Waals surface area contributed by atoms with Crippen molar-refractivity contribution >= 4 is 0 Å². The van der Waals surface area contributed by atoms with Gasteiger partial charge in [-0.1, -0.05) is 0 Å².